The van der Waals surface area contributed by atoms with E-state index in [2.05, 4.69) is 0 Å². The summed E-state index contributed by atoms with van der Waals surface area (Å²) in [6.07, 6.45) is 0.454. The standard InChI is InChI=1S/C21H19ClN2O6/c1-30-11-3-10-23-18(14-4-2-5-16(12-14)24(28)29)17(20(26)21(23)27)19(25)13-6-8-15(22)9-7-13/h2,4-9,12,18,25H,3,10-11H2,1H3. The van der Waals surface area contributed by atoms with Crippen LogP contribution in [-0.2, 0) is 14.3 Å². The fourth-order valence-electron chi connectivity index (χ4n) is 3.41. The number of benzene rings is 2. The Morgan fingerprint density at radius 3 is 2.57 bits per heavy atom. The number of hydrogen-bond donors (Lipinski definition) is 1. The van der Waals surface area contributed by atoms with Crippen LogP contribution in [0, 0.1) is 10.1 Å². The van der Waals surface area contributed by atoms with Crippen molar-refractivity contribution in [2.45, 2.75) is 12.5 Å². The molecule has 0 bridgehead atoms. The Kier molecular flexibility index (Phi) is 6.49. The van der Waals surface area contributed by atoms with Gasteiger partial charge in [-0.2, -0.15) is 0 Å². The molecule has 2 aromatic carbocycles. The van der Waals surface area contributed by atoms with Crippen LogP contribution >= 0.6 is 11.6 Å². The molecule has 1 unspecified atom stereocenters. The number of aliphatic hydroxyl groups is 1. The van der Waals surface area contributed by atoms with Gasteiger partial charge in [-0.25, -0.2) is 0 Å². The number of rotatable bonds is 7. The Bertz CT molecular complexity index is 1020. The number of ether oxygens (including phenoxy) is 1. The van der Waals surface area contributed by atoms with Gasteiger partial charge in [0.2, 0.25) is 0 Å². The van der Waals surface area contributed by atoms with E-state index in [1.807, 2.05) is 0 Å². The highest BCUT2D eigenvalue weighted by Crippen LogP contribution is 2.40. The van der Waals surface area contributed by atoms with Gasteiger partial charge in [-0.3, -0.25) is 19.7 Å². The number of nitro groups is 1. The minimum atomic E-state index is -0.961. The Morgan fingerprint density at radius 1 is 1.23 bits per heavy atom. The Hall–Kier alpha value is -3.23. The molecule has 0 radical (unpaired) electrons. The monoisotopic (exact) mass is 430 g/mol. The highest BCUT2D eigenvalue weighted by molar-refractivity contribution is 6.46. The number of amides is 1. The maximum Gasteiger partial charge on any atom is 0.295 e. The van der Waals surface area contributed by atoms with Gasteiger partial charge in [0.15, 0.2) is 0 Å². The van der Waals surface area contributed by atoms with Crippen molar-refractivity contribution in [3.8, 4) is 0 Å². The molecule has 1 fully saturated rings. The molecule has 8 nitrogen and oxygen atoms in total. The summed E-state index contributed by atoms with van der Waals surface area (Å²) in [5, 5.41) is 22.5. The van der Waals surface area contributed by atoms with Crippen LogP contribution in [0.4, 0.5) is 5.69 Å². The second kappa shape index (κ2) is 9.06. The maximum absolute atomic E-state index is 12.8. The number of halogens is 1. The summed E-state index contributed by atoms with van der Waals surface area (Å²) in [5.74, 6) is -2.00. The largest absolute Gasteiger partial charge is 0.507 e. The molecule has 1 saturated heterocycles. The molecule has 1 N–H and O–H groups in total. The number of aliphatic hydroxyl groups excluding tert-OH is 1. The van der Waals surface area contributed by atoms with Crippen molar-refractivity contribution in [3.63, 3.8) is 0 Å². The van der Waals surface area contributed by atoms with Gasteiger partial charge in [0.1, 0.15) is 5.76 Å². The minimum absolute atomic E-state index is 0.125. The summed E-state index contributed by atoms with van der Waals surface area (Å²) in [6.45, 7) is 0.547. The number of Topliss-reactive ketones (excluding diaryl/α,β-unsaturated/α-hetero) is 1. The van der Waals surface area contributed by atoms with Crippen molar-refractivity contribution < 1.29 is 24.4 Å². The summed E-state index contributed by atoms with van der Waals surface area (Å²) in [5.41, 5.74) is 0.364. The van der Waals surface area contributed by atoms with Crippen LogP contribution in [0.1, 0.15) is 23.6 Å². The molecule has 3 rings (SSSR count). The van der Waals surface area contributed by atoms with Crippen LogP contribution in [0.2, 0.25) is 5.02 Å². The second-order valence-corrected chi connectivity index (χ2v) is 7.13. The maximum atomic E-state index is 12.8. The predicted molar refractivity (Wildman–Crippen MR) is 110 cm³/mol. The molecule has 0 spiro atoms. The average molecular weight is 431 g/mol. The third-order valence-corrected chi connectivity index (χ3v) is 5.05. The zero-order valence-electron chi connectivity index (χ0n) is 16.1. The molecule has 30 heavy (non-hydrogen) atoms. The third-order valence-electron chi connectivity index (χ3n) is 4.80. The minimum Gasteiger partial charge on any atom is -0.507 e. The number of nitro benzene ring substituents is 1. The number of nitrogens with zero attached hydrogens (tertiary/aromatic N) is 2. The SMILES string of the molecule is COCCCN1C(=O)C(=O)C(=C(O)c2ccc(Cl)cc2)C1c1cccc([N+](=O)[O-])c1. The molecule has 0 aliphatic carbocycles. The third kappa shape index (κ3) is 4.19. The van der Waals surface area contributed by atoms with Crippen molar-refractivity contribution in [3.05, 3.63) is 80.4 Å². The van der Waals surface area contributed by atoms with E-state index in [0.717, 1.165) is 0 Å². The van der Waals surface area contributed by atoms with E-state index < -0.39 is 22.7 Å². The lowest BCUT2D eigenvalue weighted by Gasteiger charge is -2.25. The fourth-order valence-corrected chi connectivity index (χ4v) is 3.53. The molecule has 1 heterocycles. The number of likely N-dealkylation sites (tertiary alicyclic amines) is 1. The molecular formula is C21H19ClN2O6. The van der Waals surface area contributed by atoms with Crippen LogP contribution in [0.15, 0.2) is 54.1 Å². The normalized spacial score (nSPS) is 18.1. The molecule has 1 aliphatic rings. The summed E-state index contributed by atoms with van der Waals surface area (Å²) in [6, 6.07) is 10.9. The van der Waals surface area contributed by atoms with E-state index in [0.29, 0.717) is 29.2 Å². The first-order valence-electron chi connectivity index (χ1n) is 9.12. The summed E-state index contributed by atoms with van der Waals surface area (Å²) in [7, 11) is 1.52. The molecule has 156 valence electrons. The van der Waals surface area contributed by atoms with Crippen molar-refractivity contribution in [1.82, 2.24) is 4.90 Å². The summed E-state index contributed by atoms with van der Waals surface area (Å²) < 4.78 is 5.02. The van der Waals surface area contributed by atoms with Gasteiger partial charge in [0.05, 0.1) is 16.5 Å². The summed E-state index contributed by atoms with van der Waals surface area (Å²) in [4.78, 5) is 37.5. The molecular weight excluding hydrogens is 412 g/mol. The van der Waals surface area contributed by atoms with Gasteiger partial charge in [0, 0.05) is 43.0 Å². The van der Waals surface area contributed by atoms with E-state index in [-0.39, 0.29) is 23.6 Å². The molecule has 1 aliphatic heterocycles. The molecule has 2 aromatic rings. The molecule has 1 atom stereocenters. The van der Waals surface area contributed by atoms with Crippen LogP contribution in [0.5, 0.6) is 0 Å². The van der Waals surface area contributed by atoms with Gasteiger partial charge in [0.25, 0.3) is 17.4 Å². The van der Waals surface area contributed by atoms with Crippen LogP contribution < -0.4 is 0 Å². The number of methoxy groups -OCH3 is 1. The van der Waals surface area contributed by atoms with Crippen molar-refractivity contribution in [2.75, 3.05) is 20.3 Å². The lowest BCUT2D eigenvalue weighted by atomic mass is 9.95. The molecule has 9 heteroatoms. The van der Waals surface area contributed by atoms with Gasteiger partial charge < -0.3 is 14.7 Å². The summed E-state index contributed by atoms with van der Waals surface area (Å²) >= 11 is 5.89. The highest BCUT2D eigenvalue weighted by Gasteiger charge is 2.46. The van der Waals surface area contributed by atoms with Gasteiger partial charge >= 0.3 is 0 Å². The number of non-ortho nitro benzene ring substituents is 1. The number of ketones is 1. The van der Waals surface area contributed by atoms with Gasteiger partial charge in [-0.05, 0) is 36.2 Å². The van der Waals surface area contributed by atoms with Crippen LogP contribution in [-0.4, -0.2) is 46.9 Å². The smallest absolute Gasteiger partial charge is 0.295 e. The van der Waals surface area contributed by atoms with Crippen molar-refractivity contribution in [2.24, 2.45) is 0 Å². The quantitative estimate of drug-likeness (QED) is 0.179. The van der Waals surface area contributed by atoms with E-state index in [1.165, 1.54) is 42.3 Å². The first-order valence-corrected chi connectivity index (χ1v) is 9.50. The lowest BCUT2D eigenvalue weighted by molar-refractivity contribution is -0.384. The molecule has 1 amide bonds. The first kappa shape index (κ1) is 21.5. The van der Waals surface area contributed by atoms with E-state index in [9.17, 15) is 24.8 Å². The van der Waals surface area contributed by atoms with Crippen LogP contribution in [0.3, 0.4) is 0 Å². The van der Waals surface area contributed by atoms with Crippen molar-refractivity contribution >= 4 is 34.7 Å². The predicted octanol–water partition coefficient (Wildman–Crippen LogP) is 3.71. The van der Waals surface area contributed by atoms with E-state index in [4.69, 9.17) is 16.3 Å². The Labute approximate surface area is 177 Å². The highest BCUT2D eigenvalue weighted by atomic mass is 35.5. The number of carbonyl (C=O) groups is 2. The Morgan fingerprint density at radius 2 is 1.93 bits per heavy atom. The zero-order chi connectivity index (χ0) is 21.8. The molecule has 0 saturated carbocycles. The van der Waals surface area contributed by atoms with E-state index >= 15 is 0 Å². The van der Waals surface area contributed by atoms with Gasteiger partial charge in [-0.1, -0.05) is 23.7 Å². The lowest BCUT2D eigenvalue weighted by Crippen LogP contribution is -2.31. The van der Waals surface area contributed by atoms with Crippen LogP contribution in [0.25, 0.3) is 5.76 Å². The van der Waals surface area contributed by atoms with Crippen molar-refractivity contribution in [1.29, 1.82) is 0 Å². The molecule has 0 aromatic heterocycles. The second-order valence-electron chi connectivity index (χ2n) is 6.70. The van der Waals surface area contributed by atoms with E-state index in [1.54, 1.807) is 18.2 Å². The van der Waals surface area contributed by atoms with Gasteiger partial charge in [-0.15, -0.1) is 0 Å². The Balaban J connectivity index is 2.15. The fraction of sp³-hybridized carbons (Fsp3) is 0.238. The topological polar surface area (TPSA) is 110 Å². The average Bonchev–Trinajstić information content (AvgIpc) is 2.99. The number of hydrogen-bond acceptors (Lipinski definition) is 6. The number of carbonyl (C=O) groups excluding carboxylic acids is 2. The first-order chi connectivity index (χ1) is 14.3. The zero-order valence-corrected chi connectivity index (χ0v) is 16.8.